The Labute approximate surface area is 181 Å². The van der Waals surface area contributed by atoms with Gasteiger partial charge in [-0.15, -0.1) is 0 Å². The summed E-state index contributed by atoms with van der Waals surface area (Å²) in [5.41, 5.74) is -0.736. The molecule has 0 N–H and O–H groups in total. The molecule has 1 aliphatic rings. The molecule has 0 spiro atoms. The topological polar surface area (TPSA) is 106 Å². The molecular weight excluding hydrogens is 493 g/mol. The molecule has 13 heteroatoms. The lowest BCUT2D eigenvalue weighted by Gasteiger charge is -2.41. The van der Waals surface area contributed by atoms with E-state index < -0.39 is 65.4 Å². The lowest BCUT2D eigenvalue weighted by atomic mass is 10.0. The van der Waals surface area contributed by atoms with Gasteiger partial charge in [-0.3, -0.25) is 19.0 Å². The fraction of sp³-hybridized carbons (Fsp3) is 0.444. The van der Waals surface area contributed by atoms with Crippen molar-refractivity contribution in [2.24, 2.45) is 0 Å². The SMILES string of the molecule is CC(=O)O[C@@H]1[C@H](OC(C)=O)[C@H](OC(C)=O)CO[C@H]1n1c(Br)nc2cc(F)c(F)c(F)c21. The molecule has 1 aromatic carbocycles. The average Bonchev–Trinajstić information content (AvgIpc) is 2.97. The highest BCUT2D eigenvalue weighted by Crippen LogP contribution is 2.37. The Morgan fingerprint density at radius 1 is 1.03 bits per heavy atom. The third-order valence-corrected chi connectivity index (χ3v) is 4.91. The van der Waals surface area contributed by atoms with Gasteiger partial charge in [0, 0.05) is 26.8 Å². The van der Waals surface area contributed by atoms with Gasteiger partial charge in [0.15, 0.2) is 46.7 Å². The van der Waals surface area contributed by atoms with Gasteiger partial charge in [0.05, 0.1) is 12.1 Å². The molecule has 1 fully saturated rings. The highest BCUT2D eigenvalue weighted by atomic mass is 79.9. The van der Waals surface area contributed by atoms with Gasteiger partial charge in [-0.25, -0.2) is 18.2 Å². The number of hydrogen-bond donors (Lipinski definition) is 0. The van der Waals surface area contributed by atoms with Crippen LogP contribution in [-0.4, -0.2) is 52.4 Å². The number of halogens is 4. The number of esters is 3. The van der Waals surface area contributed by atoms with Crippen molar-refractivity contribution in [1.29, 1.82) is 0 Å². The summed E-state index contributed by atoms with van der Waals surface area (Å²) < 4.78 is 64.3. The third-order valence-electron chi connectivity index (χ3n) is 4.35. The lowest BCUT2D eigenvalue weighted by molar-refractivity contribution is -0.239. The van der Waals surface area contributed by atoms with Crippen LogP contribution in [-0.2, 0) is 33.3 Å². The fourth-order valence-electron chi connectivity index (χ4n) is 3.31. The van der Waals surface area contributed by atoms with Crippen LogP contribution < -0.4 is 0 Å². The van der Waals surface area contributed by atoms with E-state index in [2.05, 4.69) is 20.9 Å². The molecule has 31 heavy (non-hydrogen) atoms. The second-order valence-electron chi connectivity index (χ2n) is 6.62. The molecule has 0 aliphatic carbocycles. The van der Waals surface area contributed by atoms with Crippen LogP contribution in [0.15, 0.2) is 10.8 Å². The van der Waals surface area contributed by atoms with E-state index in [1.165, 1.54) is 0 Å². The van der Waals surface area contributed by atoms with E-state index in [-0.39, 0.29) is 16.9 Å². The van der Waals surface area contributed by atoms with E-state index >= 15 is 0 Å². The van der Waals surface area contributed by atoms with Crippen LogP contribution in [0.4, 0.5) is 13.2 Å². The Morgan fingerprint density at radius 3 is 2.19 bits per heavy atom. The van der Waals surface area contributed by atoms with Crippen molar-refractivity contribution < 1.29 is 46.5 Å². The molecule has 1 aliphatic heterocycles. The molecule has 0 unspecified atom stereocenters. The smallest absolute Gasteiger partial charge is 0.303 e. The van der Waals surface area contributed by atoms with E-state index in [9.17, 15) is 27.6 Å². The van der Waals surface area contributed by atoms with Crippen LogP contribution in [0.3, 0.4) is 0 Å². The highest BCUT2D eigenvalue weighted by molar-refractivity contribution is 9.10. The second kappa shape index (κ2) is 8.83. The highest BCUT2D eigenvalue weighted by Gasteiger charge is 2.48. The average molecular weight is 509 g/mol. The maximum atomic E-state index is 14.6. The molecule has 0 saturated carbocycles. The Bertz CT molecular complexity index is 1060. The van der Waals surface area contributed by atoms with Gasteiger partial charge >= 0.3 is 17.9 Å². The summed E-state index contributed by atoms with van der Waals surface area (Å²) in [6.45, 7) is 2.91. The summed E-state index contributed by atoms with van der Waals surface area (Å²) in [4.78, 5) is 38.8. The van der Waals surface area contributed by atoms with E-state index in [4.69, 9.17) is 18.9 Å². The maximum absolute atomic E-state index is 14.6. The predicted octanol–water partition coefficient (Wildman–Crippen LogP) is 2.54. The Morgan fingerprint density at radius 2 is 1.61 bits per heavy atom. The van der Waals surface area contributed by atoms with Gasteiger partial charge in [0.2, 0.25) is 0 Å². The van der Waals surface area contributed by atoms with Crippen LogP contribution in [0, 0.1) is 17.5 Å². The molecule has 0 bridgehead atoms. The first-order valence-electron chi connectivity index (χ1n) is 8.85. The fourth-order valence-corrected chi connectivity index (χ4v) is 3.88. The number of aromatic nitrogens is 2. The van der Waals surface area contributed by atoms with Crippen LogP contribution in [0.25, 0.3) is 11.0 Å². The first kappa shape index (κ1) is 23.0. The van der Waals surface area contributed by atoms with Gasteiger partial charge in [-0.1, -0.05) is 0 Å². The quantitative estimate of drug-likeness (QED) is 0.352. The van der Waals surface area contributed by atoms with Crippen molar-refractivity contribution in [1.82, 2.24) is 9.55 Å². The molecule has 0 amide bonds. The van der Waals surface area contributed by atoms with Crippen molar-refractivity contribution in [3.8, 4) is 0 Å². The predicted molar refractivity (Wildman–Crippen MR) is 99.0 cm³/mol. The second-order valence-corrected chi connectivity index (χ2v) is 7.33. The van der Waals surface area contributed by atoms with E-state index in [1.807, 2.05) is 0 Å². The van der Waals surface area contributed by atoms with E-state index in [0.29, 0.717) is 6.07 Å². The number of hydrogen-bond acceptors (Lipinski definition) is 8. The number of nitrogens with zero attached hydrogens (tertiary/aromatic N) is 2. The molecule has 1 saturated heterocycles. The summed E-state index contributed by atoms with van der Waals surface area (Å²) in [7, 11) is 0. The van der Waals surface area contributed by atoms with Crippen molar-refractivity contribution in [2.45, 2.75) is 45.3 Å². The molecule has 0 radical (unpaired) electrons. The van der Waals surface area contributed by atoms with Crippen LogP contribution in [0.1, 0.15) is 27.0 Å². The van der Waals surface area contributed by atoms with Gasteiger partial charge in [0.25, 0.3) is 0 Å². The zero-order valence-corrected chi connectivity index (χ0v) is 17.9. The van der Waals surface area contributed by atoms with Gasteiger partial charge < -0.3 is 18.9 Å². The number of imidazole rings is 1. The maximum Gasteiger partial charge on any atom is 0.303 e. The molecule has 2 heterocycles. The summed E-state index contributed by atoms with van der Waals surface area (Å²) in [5.74, 6) is -7.06. The van der Waals surface area contributed by atoms with Gasteiger partial charge in [-0.2, -0.15) is 0 Å². The van der Waals surface area contributed by atoms with Crippen molar-refractivity contribution >= 4 is 44.9 Å². The van der Waals surface area contributed by atoms with Gasteiger partial charge in [0.1, 0.15) is 5.52 Å². The molecule has 2 aromatic rings. The van der Waals surface area contributed by atoms with Crippen LogP contribution >= 0.6 is 15.9 Å². The Kier molecular flexibility index (Phi) is 6.55. The molecule has 4 atom stereocenters. The van der Waals surface area contributed by atoms with Gasteiger partial charge in [-0.05, 0) is 15.9 Å². The van der Waals surface area contributed by atoms with Crippen LogP contribution in [0.2, 0.25) is 0 Å². The number of carbonyl (C=O) groups excluding carboxylic acids is 3. The largest absolute Gasteiger partial charge is 0.456 e. The molecular formula is C18H16BrF3N2O7. The minimum absolute atomic E-state index is 0.110. The standard InChI is InChI=1S/C18H16BrF3N2O7/c1-6(25)29-11-5-28-17(16(31-8(3)27)15(11)30-7(2)26)24-14-10(23-18(24)19)4-9(20)12(21)13(14)22/h4,11,15-17H,5H2,1-3H3/t11-,15-,16-,17-/m1/s1. The lowest BCUT2D eigenvalue weighted by Crippen LogP contribution is -2.55. The van der Waals surface area contributed by atoms with Crippen molar-refractivity contribution in [3.63, 3.8) is 0 Å². The first-order chi connectivity index (χ1) is 14.5. The number of ether oxygens (including phenoxy) is 4. The summed E-state index contributed by atoms with van der Waals surface area (Å²) >= 11 is 3.08. The minimum Gasteiger partial charge on any atom is -0.456 e. The Balaban J connectivity index is 2.16. The van der Waals surface area contributed by atoms with E-state index in [0.717, 1.165) is 25.3 Å². The first-order valence-corrected chi connectivity index (χ1v) is 9.64. The minimum atomic E-state index is -1.74. The van der Waals surface area contributed by atoms with E-state index in [1.54, 1.807) is 0 Å². The number of fused-ring (bicyclic) bond motifs is 1. The summed E-state index contributed by atoms with van der Waals surface area (Å²) in [6.07, 6.45) is -5.36. The van der Waals surface area contributed by atoms with Crippen molar-refractivity contribution in [3.05, 3.63) is 28.3 Å². The number of rotatable bonds is 4. The Hall–Kier alpha value is -2.67. The molecule has 1 aromatic heterocycles. The number of carbonyl (C=O) groups is 3. The summed E-state index contributed by atoms with van der Waals surface area (Å²) in [5, 5.41) is 0. The third kappa shape index (κ3) is 4.51. The zero-order valence-electron chi connectivity index (χ0n) is 16.4. The van der Waals surface area contributed by atoms with Crippen LogP contribution in [0.5, 0.6) is 0 Å². The molecule has 168 valence electrons. The number of benzene rings is 1. The molecule has 3 rings (SSSR count). The van der Waals surface area contributed by atoms with Crippen molar-refractivity contribution in [2.75, 3.05) is 6.61 Å². The summed E-state index contributed by atoms with van der Waals surface area (Å²) in [6, 6.07) is 0.684. The molecule has 9 nitrogen and oxygen atoms in total. The monoisotopic (exact) mass is 508 g/mol. The normalized spacial score (nSPS) is 23.5. The zero-order chi connectivity index (χ0) is 23.0.